The summed E-state index contributed by atoms with van der Waals surface area (Å²) < 4.78 is 84.6. The second-order valence-electron chi connectivity index (χ2n) is 12.0. The zero-order chi connectivity index (χ0) is 37.1. The number of hydrogen-bond acceptors (Lipinski definition) is 14. The number of nitrogens with zero attached hydrogens (tertiary/aromatic N) is 4. The van der Waals surface area contributed by atoms with Crippen LogP contribution in [-0.4, -0.2) is 93.3 Å². The minimum atomic E-state index is -4.30. The van der Waals surface area contributed by atoms with Crippen molar-refractivity contribution in [3.8, 4) is 45.3 Å². The van der Waals surface area contributed by atoms with Gasteiger partial charge in [0.25, 0.3) is 20.2 Å². The zero-order valence-corrected chi connectivity index (χ0v) is 31.4. The summed E-state index contributed by atoms with van der Waals surface area (Å²) in [7, 11) is -2.30. The molecule has 0 bridgehead atoms. The first kappa shape index (κ1) is 37.6. The van der Waals surface area contributed by atoms with Gasteiger partial charge in [-0.05, 0) is 79.9 Å². The summed E-state index contributed by atoms with van der Waals surface area (Å²) in [6.07, 6.45) is 5.35. The van der Waals surface area contributed by atoms with E-state index in [2.05, 4.69) is 9.97 Å². The molecule has 1 fully saturated rings. The number of aromatic nitrogens is 2. The highest BCUT2D eigenvalue weighted by atomic mass is 32.2. The van der Waals surface area contributed by atoms with E-state index in [4.69, 9.17) is 27.3 Å². The van der Waals surface area contributed by atoms with Gasteiger partial charge in [-0.2, -0.15) is 16.8 Å². The third-order valence-corrected chi connectivity index (χ3v) is 9.57. The molecule has 2 aromatic heterocycles. The zero-order valence-electron chi connectivity index (χ0n) is 29.8. The van der Waals surface area contributed by atoms with E-state index in [1.165, 1.54) is 4.90 Å². The molecule has 0 atom stereocenters. The lowest BCUT2D eigenvalue weighted by atomic mass is 10.0. The van der Waals surface area contributed by atoms with Gasteiger partial charge in [0.1, 0.15) is 34.6 Å². The summed E-state index contributed by atoms with van der Waals surface area (Å²) in [5, 5.41) is 0. The Hall–Kier alpha value is -4.64. The van der Waals surface area contributed by atoms with Crippen LogP contribution in [0.5, 0.6) is 23.0 Å². The first-order valence-electron chi connectivity index (χ1n) is 15.8. The Morgan fingerprint density at radius 1 is 0.608 bits per heavy atom. The van der Waals surface area contributed by atoms with Gasteiger partial charge in [-0.25, -0.2) is 18.3 Å². The molecule has 1 aliphatic heterocycles. The number of anilines is 2. The highest BCUT2D eigenvalue weighted by Crippen LogP contribution is 2.38. The number of methoxy groups -OCH3 is 4. The SMILES string of the molecule is COc1cc(-c2ccc(N3CCCN(c4ccc(-c5cc(OC)c(C)c(OC)c5)cn4)C(OS(C)(=O)=O)(OS(C)(=O)=O)C3)nc2)cc(OC)c1C. The fraction of sp³-hybridized carbons (Fsp3) is 0.371. The van der Waals surface area contributed by atoms with Crippen LogP contribution < -0.4 is 28.7 Å². The molecule has 0 radical (unpaired) electrons. The predicted octanol–water partition coefficient (Wildman–Crippen LogP) is 4.78. The summed E-state index contributed by atoms with van der Waals surface area (Å²) in [5.41, 5.74) is 4.74. The van der Waals surface area contributed by atoms with E-state index in [9.17, 15) is 16.8 Å². The lowest BCUT2D eigenvalue weighted by molar-refractivity contribution is -0.0948. The van der Waals surface area contributed by atoms with Crippen LogP contribution in [0.1, 0.15) is 17.5 Å². The Bertz CT molecular complexity index is 2010. The molecule has 1 saturated heterocycles. The van der Waals surface area contributed by atoms with Gasteiger partial charge < -0.3 is 28.7 Å². The molecule has 0 unspecified atom stereocenters. The Morgan fingerprint density at radius 3 is 1.37 bits per heavy atom. The summed E-state index contributed by atoms with van der Waals surface area (Å²) in [4.78, 5) is 12.4. The van der Waals surface area contributed by atoms with Crippen LogP contribution in [0, 0.1) is 13.8 Å². The van der Waals surface area contributed by atoms with Crippen molar-refractivity contribution in [1.29, 1.82) is 0 Å². The average molecular weight is 743 g/mol. The summed E-state index contributed by atoms with van der Waals surface area (Å²) in [6.45, 7) is 3.91. The van der Waals surface area contributed by atoms with Gasteiger partial charge in [0.15, 0.2) is 0 Å². The molecule has 4 aromatic rings. The van der Waals surface area contributed by atoms with Crippen molar-refractivity contribution >= 4 is 31.9 Å². The molecule has 14 nitrogen and oxygen atoms in total. The van der Waals surface area contributed by atoms with Crippen LogP contribution >= 0.6 is 0 Å². The molecule has 0 N–H and O–H groups in total. The topological polar surface area (TPSA) is 156 Å². The molecular formula is C35H42N4O10S2. The second-order valence-corrected chi connectivity index (χ2v) is 15.2. The fourth-order valence-electron chi connectivity index (χ4n) is 6.08. The Kier molecular flexibility index (Phi) is 11.0. The quantitative estimate of drug-likeness (QED) is 0.144. The first-order valence-corrected chi connectivity index (χ1v) is 19.5. The second kappa shape index (κ2) is 14.9. The molecule has 0 spiro atoms. The first-order chi connectivity index (χ1) is 24.1. The van der Waals surface area contributed by atoms with Crippen molar-refractivity contribution in [1.82, 2.24) is 9.97 Å². The maximum absolute atomic E-state index is 12.8. The lowest BCUT2D eigenvalue weighted by Crippen LogP contribution is -2.60. The molecule has 0 saturated carbocycles. The largest absolute Gasteiger partial charge is 0.496 e. The molecule has 16 heteroatoms. The van der Waals surface area contributed by atoms with Crippen LogP contribution in [0.25, 0.3) is 22.3 Å². The highest BCUT2D eigenvalue weighted by Gasteiger charge is 2.50. The maximum Gasteiger partial charge on any atom is 0.301 e. The fourth-order valence-corrected chi connectivity index (χ4v) is 7.42. The Labute approximate surface area is 299 Å². The van der Waals surface area contributed by atoms with Gasteiger partial charge in [-0.1, -0.05) is 0 Å². The van der Waals surface area contributed by atoms with E-state index in [1.807, 2.05) is 44.2 Å². The van der Waals surface area contributed by atoms with E-state index in [0.717, 1.165) is 40.3 Å². The van der Waals surface area contributed by atoms with Gasteiger partial charge >= 0.3 is 5.91 Å². The molecule has 0 amide bonds. The van der Waals surface area contributed by atoms with E-state index in [-0.39, 0.29) is 18.9 Å². The number of ether oxygens (including phenoxy) is 4. The maximum atomic E-state index is 12.8. The Morgan fingerprint density at radius 2 is 1.02 bits per heavy atom. The third-order valence-electron chi connectivity index (χ3n) is 8.44. The van der Waals surface area contributed by atoms with Gasteiger partial charge in [-0.15, -0.1) is 0 Å². The van der Waals surface area contributed by atoms with Crippen molar-refractivity contribution in [2.75, 3.05) is 70.4 Å². The van der Waals surface area contributed by atoms with Crippen molar-refractivity contribution in [2.24, 2.45) is 0 Å². The van der Waals surface area contributed by atoms with Gasteiger partial charge in [0, 0.05) is 47.7 Å². The molecule has 2 aromatic carbocycles. The molecule has 274 valence electrons. The molecule has 5 rings (SSSR count). The van der Waals surface area contributed by atoms with Crippen molar-refractivity contribution in [3.05, 3.63) is 72.1 Å². The summed E-state index contributed by atoms with van der Waals surface area (Å²) in [6, 6.07) is 14.5. The minimum absolute atomic E-state index is 0.126. The van der Waals surface area contributed by atoms with Gasteiger partial charge in [0.05, 0.1) is 47.5 Å². The van der Waals surface area contributed by atoms with Gasteiger partial charge in [-0.3, -0.25) is 0 Å². The minimum Gasteiger partial charge on any atom is -0.496 e. The smallest absolute Gasteiger partial charge is 0.301 e. The average Bonchev–Trinajstić information content (AvgIpc) is 3.26. The lowest BCUT2D eigenvalue weighted by Gasteiger charge is -2.41. The summed E-state index contributed by atoms with van der Waals surface area (Å²) in [5.74, 6) is 0.857. The van der Waals surface area contributed by atoms with Gasteiger partial charge in [0.2, 0.25) is 0 Å². The van der Waals surface area contributed by atoms with E-state index >= 15 is 0 Å². The molecule has 51 heavy (non-hydrogen) atoms. The van der Waals surface area contributed by atoms with E-state index in [0.29, 0.717) is 47.3 Å². The normalized spacial score (nSPS) is 14.9. The predicted molar refractivity (Wildman–Crippen MR) is 194 cm³/mol. The number of pyridine rings is 2. The van der Waals surface area contributed by atoms with E-state index in [1.54, 1.807) is 63.9 Å². The van der Waals surface area contributed by atoms with E-state index < -0.39 is 26.1 Å². The third kappa shape index (κ3) is 8.47. The standard InChI is InChI=1S/C35H42N4O10S2/c1-23-29(44-3)16-27(17-30(23)45-4)25-10-12-33(36-20-25)38-14-9-15-39(35(22-38,48-50(7,40)41)49-51(8,42)43)34-13-11-26(21-37-34)28-18-31(46-5)24(2)32(19-28)47-6/h10-13,16-21H,9,14-15,22H2,1-8H3. The van der Waals surface area contributed by atoms with Crippen LogP contribution in [0.15, 0.2) is 60.9 Å². The van der Waals surface area contributed by atoms with Crippen molar-refractivity contribution in [2.45, 2.75) is 26.2 Å². The molecular weight excluding hydrogens is 701 g/mol. The van der Waals surface area contributed by atoms with Crippen LogP contribution in [0.3, 0.4) is 0 Å². The van der Waals surface area contributed by atoms with Crippen molar-refractivity contribution in [3.63, 3.8) is 0 Å². The molecule has 3 heterocycles. The molecule has 1 aliphatic rings. The van der Waals surface area contributed by atoms with Crippen molar-refractivity contribution < 1.29 is 44.1 Å². The van der Waals surface area contributed by atoms with Crippen LogP contribution in [0.4, 0.5) is 11.6 Å². The molecule has 0 aliphatic carbocycles. The van der Waals surface area contributed by atoms with Crippen LogP contribution in [-0.2, 0) is 28.6 Å². The highest BCUT2D eigenvalue weighted by molar-refractivity contribution is 7.86. The number of rotatable bonds is 12. The number of hydrogen-bond donors (Lipinski definition) is 0. The van der Waals surface area contributed by atoms with Crippen LogP contribution in [0.2, 0.25) is 0 Å². The Balaban J connectivity index is 1.54. The number of benzene rings is 2. The monoisotopic (exact) mass is 742 g/mol. The summed E-state index contributed by atoms with van der Waals surface area (Å²) >= 11 is 0.